The summed E-state index contributed by atoms with van der Waals surface area (Å²) in [5.74, 6) is 1.15. The summed E-state index contributed by atoms with van der Waals surface area (Å²) in [6, 6.07) is 32.7. The third-order valence-electron chi connectivity index (χ3n) is 8.00. The van der Waals surface area contributed by atoms with Crippen LogP contribution < -0.4 is 15.5 Å². The summed E-state index contributed by atoms with van der Waals surface area (Å²) in [7, 11) is 0. The number of aryl methyl sites for hydroxylation is 1. The fourth-order valence-corrected chi connectivity index (χ4v) is 5.47. The van der Waals surface area contributed by atoms with E-state index >= 15 is 0 Å². The molecule has 0 bridgehead atoms. The van der Waals surface area contributed by atoms with Gasteiger partial charge < -0.3 is 4.74 Å². The van der Waals surface area contributed by atoms with E-state index in [1.807, 2.05) is 110 Å². The average Bonchev–Trinajstić information content (AvgIpc) is 3.00. The molecular formula is C36H36BNO4. The van der Waals surface area contributed by atoms with E-state index in [-0.39, 0.29) is 30.1 Å². The molecule has 1 fully saturated rings. The number of nitrogens with one attached hydrogen (secondary N) is 1. The summed E-state index contributed by atoms with van der Waals surface area (Å²) in [5.41, 5.74) is 4.47. The maximum atomic E-state index is 13.6. The van der Waals surface area contributed by atoms with Crippen molar-refractivity contribution in [2.75, 3.05) is 11.9 Å². The number of carbonyl (C=O) groups is 2. The second kappa shape index (κ2) is 14.1. The Balaban J connectivity index is 1.25. The molecule has 5 rings (SSSR count). The van der Waals surface area contributed by atoms with Crippen LogP contribution in [0.4, 0.5) is 5.69 Å². The Kier molecular flexibility index (Phi) is 9.78. The van der Waals surface area contributed by atoms with Crippen molar-refractivity contribution in [1.82, 2.24) is 0 Å². The predicted molar refractivity (Wildman–Crippen MR) is 170 cm³/mol. The minimum atomic E-state index is -0.390. The second-order valence-electron chi connectivity index (χ2n) is 10.9. The van der Waals surface area contributed by atoms with Gasteiger partial charge in [0.1, 0.15) is 11.5 Å². The summed E-state index contributed by atoms with van der Waals surface area (Å²) in [6.45, 7) is 8.29. The molecule has 0 aromatic heterocycles. The van der Waals surface area contributed by atoms with E-state index in [2.05, 4.69) is 11.8 Å². The fourth-order valence-electron chi connectivity index (χ4n) is 5.47. The quantitative estimate of drug-likeness (QED) is 0.148. The van der Waals surface area contributed by atoms with Gasteiger partial charge in [0.2, 0.25) is 0 Å². The number of anilines is 1. The van der Waals surface area contributed by atoms with Crippen molar-refractivity contribution < 1.29 is 19.1 Å². The number of hydrogen-bond acceptors (Lipinski definition) is 4. The number of para-hydroxylation sites is 1. The van der Waals surface area contributed by atoms with Crippen molar-refractivity contribution in [3.63, 3.8) is 0 Å². The molecule has 1 saturated carbocycles. The number of amides is 1. The summed E-state index contributed by atoms with van der Waals surface area (Å²) in [5, 5.41) is 3.06. The van der Waals surface area contributed by atoms with Gasteiger partial charge >= 0.3 is 142 Å². The Morgan fingerprint density at radius 2 is 1.60 bits per heavy atom. The Morgan fingerprint density at radius 1 is 0.905 bits per heavy atom. The number of rotatable bonds is 13. The summed E-state index contributed by atoms with van der Waals surface area (Å²) in [6.07, 6.45) is 2.36. The van der Waals surface area contributed by atoms with Crippen LogP contribution in [0.25, 0.3) is 0 Å². The first-order valence-electron chi connectivity index (χ1n) is 14.5. The van der Waals surface area contributed by atoms with Crippen molar-refractivity contribution in [3.8, 4) is 11.5 Å². The van der Waals surface area contributed by atoms with E-state index in [4.69, 9.17) is 9.47 Å². The van der Waals surface area contributed by atoms with Crippen LogP contribution in [0.1, 0.15) is 40.7 Å². The van der Waals surface area contributed by atoms with Crippen molar-refractivity contribution >= 4 is 36.2 Å². The molecule has 1 amide bonds. The van der Waals surface area contributed by atoms with Crippen LogP contribution in [-0.2, 0) is 16.1 Å². The van der Waals surface area contributed by atoms with E-state index < -0.39 is 5.92 Å². The van der Waals surface area contributed by atoms with Gasteiger partial charge in [-0.05, 0) is 42.0 Å². The molecular weight excluding hydrogens is 521 g/mol. The summed E-state index contributed by atoms with van der Waals surface area (Å²) in [4.78, 5) is 27.1. The molecule has 0 radical (unpaired) electrons. The first-order valence-corrected chi connectivity index (χ1v) is 14.5. The van der Waals surface area contributed by atoms with E-state index in [1.165, 1.54) is 0 Å². The van der Waals surface area contributed by atoms with Crippen molar-refractivity contribution in [3.05, 3.63) is 120 Å². The van der Waals surface area contributed by atoms with Gasteiger partial charge in [-0.25, -0.2) is 0 Å². The number of ether oxygens (including phenoxy) is 2. The molecule has 42 heavy (non-hydrogen) atoms. The molecule has 1 N–H and O–H groups in total. The van der Waals surface area contributed by atoms with E-state index in [1.54, 1.807) is 6.92 Å². The van der Waals surface area contributed by atoms with E-state index in [0.29, 0.717) is 24.5 Å². The van der Waals surface area contributed by atoms with Gasteiger partial charge in [0.05, 0.1) is 0 Å². The molecule has 212 valence electrons. The molecule has 4 aromatic rings. The standard InChI is InChI=1S/C36H36BNO4/c1-25-21-29(37-2)14-20-33(25)35(39)34-19-13-27(34)22-28(24-41-23-26-9-5-3-6-10-26)36(40)38-30-15-17-32(18-16-30)42-31-11-7-4-8-12-31/h3-12,14-18,20-21,27-28,34H,2,13,19,22-24H2,1H3,(H,38,40). The topological polar surface area (TPSA) is 64.6 Å². The van der Waals surface area contributed by atoms with Crippen molar-refractivity contribution in [2.24, 2.45) is 17.8 Å². The van der Waals surface area contributed by atoms with Crippen LogP contribution in [0.3, 0.4) is 0 Å². The zero-order chi connectivity index (χ0) is 29.3. The third-order valence-corrected chi connectivity index (χ3v) is 8.00. The molecule has 0 saturated heterocycles. The van der Waals surface area contributed by atoms with Crippen LogP contribution in [0.15, 0.2) is 103 Å². The molecule has 3 unspecified atom stereocenters. The zero-order valence-corrected chi connectivity index (χ0v) is 24.0. The van der Waals surface area contributed by atoms with Gasteiger partial charge in [-0.1, -0.05) is 48.5 Å². The van der Waals surface area contributed by atoms with Crippen LogP contribution in [0, 0.1) is 24.7 Å². The predicted octanol–water partition coefficient (Wildman–Crippen LogP) is 6.62. The first kappa shape index (κ1) is 29.2. The number of Topliss-reactive ketones (excluding diaryl/α,β-unsaturated/α-hetero) is 1. The first-order chi connectivity index (χ1) is 20.5. The molecule has 1 aliphatic rings. The van der Waals surface area contributed by atoms with Gasteiger partial charge in [0, 0.05) is 0 Å². The molecule has 6 heteroatoms. The van der Waals surface area contributed by atoms with Gasteiger partial charge in [0.25, 0.3) is 0 Å². The van der Waals surface area contributed by atoms with Crippen LogP contribution in [0.2, 0.25) is 0 Å². The monoisotopic (exact) mass is 557 g/mol. The number of hydrogen-bond donors (Lipinski definition) is 1. The van der Waals surface area contributed by atoms with Gasteiger partial charge in [-0.2, -0.15) is 0 Å². The molecule has 0 heterocycles. The van der Waals surface area contributed by atoms with Crippen molar-refractivity contribution in [1.29, 1.82) is 0 Å². The van der Waals surface area contributed by atoms with Gasteiger partial charge in [-0.15, -0.1) is 0 Å². The molecule has 0 aliphatic heterocycles. The fraction of sp³-hybridized carbons (Fsp3) is 0.250. The average molecular weight is 557 g/mol. The molecule has 1 aliphatic carbocycles. The van der Waals surface area contributed by atoms with Crippen LogP contribution >= 0.6 is 0 Å². The second-order valence-corrected chi connectivity index (χ2v) is 10.9. The molecule has 4 aromatic carbocycles. The van der Waals surface area contributed by atoms with Crippen LogP contribution in [-0.4, -0.2) is 31.7 Å². The third kappa shape index (κ3) is 7.51. The Bertz CT molecular complexity index is 1500. The Morgan fingerprint density at radius 3 is 2.24 bits per heavy atom. The maximum absolute atomic E-state index is 13.6. The number of benzene rings is 4. The van der Waals surface area contributed by atoms with Gasteiger partial charge in [-0.3, -0.25) is 0 Å². The number of carbonyl (C=O) groups excluding carboxylic acids is 2. The molecule has 3 atom stereocenters. The molecule has 0 spiro atoms. The number of ketones is 1. The summed E-state index contributed by atoms with van der Waals surface area (Å²) < 4.78 is 11.9. The van der Waals surface area contributed by atoms with Crippen LogP contribution in [0.5, 0.6) is 11.5 Å². The van der Waals surface area contributed by atoms with E-state index in [0.717, 1.165) is 40.7 Å². The summed E-state index contributed by atoms with van der Waals surface area (Å²) >= 11 is 0. The SMILES string of the molecule is C=Bc1ccc(C(=O)C2CCC2CC(COCc2ccccc2)C(=O)Nc2ccc(Oc3ccccc3)cc2)c(C)c1. The van der Waals surface area contributed by atoms with Gasteiger partial charge in [0.15, 0.2) is 0 Å². The minimum absolute atomic E-state index is 0.0860. The molecule has 5 nitrogen and oxygen atoms in total. The zero-order valence-electron chi connectivity index (χ0n) is 24.0. The Hall–Kier alpha value is -4.29. The Labute approximate surface area is 248 Å². The normalized spacial score (nSPS) is 16.5. The van der Waals surface area contributed by atoms with Crippen molar-refractivity contribution in [2.45, 2.75) is 32.8 Å². The van der Waals surface area contributed by atoms with E-state index in [9.17, 15) is 9.59 Å².